The Bertz CT molecular complexity index is 809. The molecule has 0 aliphatic carbocycles. The van der Waals surface area contributed by atoms with Crippen LogP contribution in [0.15, 0.2) is 18.2 Å². The third-order valence-corrected chi connectivity index (χ3v) is 6.07. The highest BCUT2D eigenvalue weighted by molar-refractivity contribution is 6.35. The molecule has 3 amide bonds. The number of aliphatic hydroxyl groups is 1. The van der Waals surface area contributed by atoms with Gasteiger partial charge in [-0.1, -0.05) is 23.2 Å². The number of piperazine rings is 1. The number of hydrogen-bond donors (Lipinski definition) is 2. The van der Waals surface area contributed by atoms with Crippen molar-refractivity contribution in [3.8, 4) is 0 Å². The topological polar surface area (TPSA) is 85.4 Å². The summed E-state index contributed by atoms with van der Waals surface area (Å²) < 4.78 is 5.43. The van der Waals surface area contributed by atoms with Crippen LogP contribution >= 0.6 is 23.2 Å². The Balaban J connectivity index is 1.44. The fraction of sp³-hybridized carbons (Fsp3) is 0.636. The molecular formula is C22H32Cl2N4O4. The fourth-order valence-electron chi connectivity index (χ4n) is 3.94. The predicted molar refractivity (Wildman–Crippen MR) is 125 cm³/mol. The number of urea groups is 1. The summed E-state index contributed by atoms with van der Waals surface area (Å²) in [4.78, 5) is 30.4. The van der Waals surface area contributed by atoms with Gasteiger partial charge in [0.25, 0.3) is 0 Å². The minimum Gasteiger partial charge on any atom is -0.444 e. The first-order valence-electron chi connectivity index (χ1n) is 10.9. The normalized spacial score (nSPS) is 19.6. The monoisotopic (exact) mass is 486 g/mol. The molecule has 2 fully saturated rings. The summed E-state index contributed by atoms with van der Waals surface area (Å²) in [5.41, 5.74) is -0.830. The number of benzene rings is 1. The smallest absolute Gasteiger partial charge is 0.410 e. The molecule has 32 heavy (non-hydrogen) atoms. The molecule has 2 aliphatic rings. The number of amides is 3. The molecular weight excluding hydrogens is 455 g/mol. The third-order valence-electron chi connectivity index (χ3n) is 5.64. The standard InChI is InChI=1S/C22H32Cl2N4O4/c1-21(2,3)32-20(30)28-10-8-26(9-11-28)15-22(31)4-6-27(7-5-22)19(29)25-18-13-16(23)12-17(24)14-18/h12-14,31H,4-11,15H2,1-3H3,(H,25,29). The number of carbonyl (C=O) groups is 2. The van der Waals surface area contributed by atoms with Crippen LogP contribution in [0.1, 0.15) is 33.6 Å². The Morgan fingerprint density at radius 3 is 2.09 bits per heavy atom. The summed E-state index contributed by atoms with van der Waals surface area (Å²) in [6.45, 7) is 9.50. The van der Waals surface area contributed by atoms with E-state index >= 15 is 0 Å². The van der Waals surface area contributed by atoms with Gasteiger partial charge in [-0.15, -0.1) is 0 Å². The van der Waals surface area contributed by atoms with E-state index in [1.54, 1.807) is 28.0 Å². The maximum absolute atomic E-state index is 12.6. The lowest BCUT2D eigenvalue weighted by atomic mass is 9.90. The van der Waals surface area contributed by atoms with Crippen molar-refractivity contribution in [1.82, 2.24) is 14.7 Å². The molecule has 0 bridgehead atoms. The van der Waals surface area contributed by atoms with E-state index in [4.69, 9.17) is 27.9 Å². The zero-order valence-electron chi connectivity index (χ0n) is 18.9. The van der Waals surface area contributed by atoms with Crippen molar-refractivity contribution in [2.24, 2.45) is 0 Å². The molecule has 1 aromatic carbocycles. The van der Waals surface area contributed by atoms with Crippen molar-refractivity contribution in [3.05, 3.63) is 28.2 Å². The van der Waals surface area contributed by atoms with E-state index in [2.05, 4.69) is 10.2 Å². The highest BCUT2D eigenvalue weighted by atomic mass is 35.5. The third kappa shape index (κ3) is 7.13. The van der Waals surface area contributed by atoms with Gasteiger partial charge in [-0.3, -0.25) is 4.90 Å². The summed E-state index contributed by atoms with van der Waals surface area (Å²) in [6.07, 6.45) is 0.683. The number of nitrogens with one attached hydrogen (secondary N) is 1. The predicted octanol–water partition coefficient (Wildman–Crippen LogP) is 3.90. The first kappa shape index (κ1) is 24.9. The van der Waals surface area contributed by atoms with Gasteiger partial charge in [0.1, 0.15) is 5.60 Å². The molecule has 0 atom stereocenters. The molecule has 2 heterocycles. The van der Waals surface area contributed by atoms with Crippen LogP contribution in [0.5, 0.6) is 0 Å². The molecule has 0 aromatic heterocycles. The van der Waals surface area contributed by atoms with Gasteiger partial charge >= 0.3 is 12.1 Å². The second-order valence-electron chi connectivity index (χ2n) is 9.54. The lowest BCUT2D eigenvalue weighted by Crippen LogP contribution is -2.57. The van der Waals surface area contributed by atoms with Crippen LogP contribution in [0.3, 0.4) is 0 Å². The maximum atomic E-state index is 12.6. The number of rotatable bonds is 3. The second kappa shape index (κ2) is 10.0. The van der Waals surface area contributed by atoms with Crippen LogP contribution in [-0.2, 0) is 4.74 Å². The fourth-order valence-corrected chi connectivity index (χ4v) is 4.47. The number of halogens is 2. The van der Waals surface area contributed by atoms with Crippen molar-refractivity contribution in [1.29, 1.82) is 0 Å². The van der Waals surface area contributed by atoms with Gasteiger partial charge in [-0.25, -0.2) is 9.59 Å². The van der Waals surface area contributed by atoms with Gasteiger partial charge in [0.15, 0.2) is 0 Å². The molecule has 0 radical (unpaired) electrons. The average molecular weight is 487 g/mol. The van der Waals surface area contributed by atoms with E-state index in [0.717, 1.165) is 0 Å². The number of hydrogen-bond acceptors (Lipinski definition) is 5. The van der Waals surface area contributed by atoms with Crippen LogP contribution < -0.4 is 5.32 Å². The molecule has 178 valence electrons. The van der Waals surface area contributed by atoms with E-state index in [-0.39, 0.29) is 12.1 Å². The molecule has 0 saturated carbocycles. The molecule has 2 saturated heterocycles. The lowest BCUT2D eigenvalue weighted by Gasteiger charge is -2.43. The summed E-state index contributed by atoms with van der Waals surface area (Å²) in [6, 6.07) is 4.65. The van der Waals surface area contributed by atoms with E-state index in [9.17, 15) is 14.7 Å². The first-order chi connectivity index (χ1) is 14.9. The number of ether oxygens (including phenoxy) is 1. The van der Waals surface area contributed by atoms with Crippen LogP contribution in [0.2, 0.25) is 10.0 Å². The molecule has 0 unspecified atom stereocenters. The minimum absolute atomic E-state index is 0.239. The molecule has 2 aliphatic heterocycles. The summed E-state index contributed by atoms with van der Waals surface area (Å²) in [5, 5.41) is 14.8. The zero-order valence-corrected chi connectivity index (χ0v) is 20.4. The molecule has 2 N–H and O–H groups in total. The van der Waals surface area contributed by atoms with Crippen LogP contribution in [0.25, 0.3) is 0 Å². The van der Waals surface area contributed by atoms with Gasteiger partial charge in [-0.2, -0.15) is 0 Å². The number of anilines is 1. The highest BCUT2D eigenvalue weighted by Gasteiger charge is 2.37. The Morgan fingerprint density at radius 1 is 1.00 bits per heavy atom. The van der Waals surface area contributed by atoms with Gasteiger partial charge in [0.2, 0.25) is 0 Å². The SMILES string of the molecule is CC(C)(C)OC(=O)N1CCN(CC2(O)CCN(C(=O)Nc3cc(Cl)cc(Cl)c3)CC2)CC1. The number of β-amino-alcohol motifs (C(OH)–C–C–N with tert-alkyl or cyclic N) is 1. The van der Waals surface area contributed by atoms with Crippen molar-refractivity contribution < 1.29 is 19.4 Å². The molecule has 0 spiro atoms. The largest absolute Gasteiger partial charge is 0.444 e. The highest BCUT2D eigenvalue weighted by Crippen LogP contribution is 2.26. The quantitative estimate of drug-likeness (QED) is 0.676. The average Bonchev–Trinajstić information content (AvgIpc) is 2.66. The first-order valence-corrected chi connectivity index (χ1v) is 11.6. The Kier molecular flexibility index (Phi) is 7.81. The van der Waals surface area contributed by atoms with E-state index < -0.39 is 11.2 Å². The molecule has 10 heteroatoms. The lowest BCUT2D eigenvalue weighted by molar-refractivity contribution is -0.0465. The van der Waals surface area contributed by atoms with Gasteiger partial charge in [0, 0.05) is 61.5 Å². The molecule has 1 aromatic rings. The van der Waals surface area contributed by atoms with Crippen LogP contribution in [0.4, 0.5) is 15.3 Å². The van der Waals surface area contributed by atoms with Gasteiger partial charge < -0.3 is 25.0 Å². The van der Waals surface area contributed by atoms with E-state index in [1.165, 1.54) is 0 Å². The maximum Gasteiger partial charge on any atom is 0.410 e. The Hall–Kier alpha value is -1.74. The second-order valence-corrected chi connectivity index (χ2v) is 10.4. The summed E-state index contributed by atoms with van der Waals surface area (Å²) in [5.74, 6) is 0. The number of piperidine rings is 1. The van der Waals surface area contributed by atoms with Crippen molar-refractivity contribution in [3.63, 3.8) is 0 Å². The number of carbonyl (C=O) groups excluding carboxylic acids is 2. The Labute approximate surface area is 199 Å². The molecule has 3 rings (SSSR count). The minimum atomic E-state index is -0.857. The van der Waals surface area contributed by atoms with Crippen molar-refractivity contribution in [2.75, 3.05) is 51.1 Å². The number of likely N-dealkylation sites (tertiary alicyclic amines) is 1. The van der Waals surface area contributed by atoms with E-state index in [1.807, 2.05) is 20.8 Å². The van der Waals surface area contributed by atoms with Crippen LogP contribution in [0, 0.1) is 0 Å². The summed E-state index contributed by atoms with van der Waals surface area (Å²) in [7, 11) is 0. The van der Waals surface area contributed by atoms with Crippen molar-refractivity contribution in [2.45, 2.75) is 44.8 Å². The summed E-state index contributed by atoms with van der Waals surface area (Å²) >= 11 is 12.0. The van der Waals surface area contributed by atoms with Crippen molar-refractivity contribution >= 4 is 41.0 Å². The zero-order chi connectivity index (χ0) is 23.5. The molecule has 8 nitrogen and oxygen atoms in total. The number of nitrogens with zero attached hydrogens (tertiary/aromatic N) is 3. The Morgan fingerprint density at radius 2 is 1.56 bits per heavy atom. The van der Waals surface area contributed by atoms with Crippen LogP contribution in [-0.4, -0.2) is 88.9 Å². The van der Waals surface area contributed by atoms with E-state index in [0.29, 0.717) is 74.4 Å². The van der Waals surface area contributed by atoms with Gasteiger partial charge in [0.05, 0.1) is 5.60 Å². The van der Waals surface area contributed by atoms with Gasteiger partial charge in [-0.05, 0) is 51.8 Å².